The highest BCUT2D eigenvalue weighted by atomic mass is 32.2. The molecule has 24 heavy (non-hydrogen) atoms. The Morgan fingerprint density at radius 2 is 1.96 bits per heavy atom. The van der Waals surface area contributed by atoms with Gasteiger partial charge in [0.1, 0.15) is 0 Å². The fraction of sp³-hybridized carbons (Fsp3) is 0.353. The van der Waals surface area contributed by atoms with E-state index in [1.54, 1.807) is 12.3 Å². The first-order chi connectivity index (χ1) is 11.5. The first kappa shape index (κ1) is 16.7. The maximum Gasteiger partial charge on any atom is 0.255 e. The Kier molecular flexibility index (Phi) is 5.01. The van der Waals surface area contributed by atoms with Crippen LogP contribution in [0, 0.1) is 6.92 Å². The molecule has 1 aliphatic heterocycles. The van der Waals surface area contributed by atoms with Crippen LogP contribution in [0.25, 0.3) is 6.08 Å². The molecular weight excluding hydrogens is 326 g/mol. The molecule has 2 heterocycles. The van der Waals surface area contributed by atoms with Gasteiger partial charge in [-0.3, -0.25) is 9.40 Å². The van der Waals surface area contributed by atoms with E-state index >= 15 is 0 Å². The van der Waals surface area contributed by atoms with E-state index in [4.69, 9.17) is 4.74 Å². The third-order valence-corrected chi connectivity index (χ3v) is 4.96. The normalized spacial score (nSPS) is 16.5. The summed E-state index contributed by atoms with van der Waals surface area (Å²) in [6.45, 7) is 3.41. The second-order valence-corrected chi connectivity index (χ2v) is 7.48. The molecule has 1 aromatic heterocycles. The van der Waals surface area contributed by atoms with Crippen LogP contribution < -0.4 is 4.72 Å². The molecule has 3 rings (SSSR count). The van der Waals surface area contributed by atoms with Gasteiger partial charge in [0.15, 0.2) is 0 Å². The summed E-state index contributed by atoms with van der Waals surface area (Å²) in [6.07, 6.45) is 6.62. The molecule has 6 nitrogen and oxygen atoms in total. The molecule has 1 aromatic carbocycles. The molecule has 0 bridgehead atoms. The monoisotopic (exact) mass is 347 g/mol. The van der Waals surface area contributed by atoms with Gasteiger partial charge in [0.2, 0.25) is 0 Å². The highest BCUT2D eigenvalue weighted by molar-refractivity contribution is 7.95. The molecule has 0 spiro atoms. The van der Waals surface area contributed by atoms with Crippen molar-refractivity contribution < 1.29 is 13.2 Å². The fourth-order valence-corrected chi connectivity index (χ4v) is 3.42. The zero-order valence-electron chi connectivity index (χ0n) is 13.6. The van der Waals surface area contributed by atoms with Crippen LogP contribution in [0.1, 0.15) is 30.0 Å². The third kappa shape index (κ3) is 4.46. The van der Waals surface area contributed by atoms with Gasteiger partial charge in [-0.25, -0.2) is 8.42 Å². The number of hydrogen-bond acceptors (Lipinski definition) is 4. The lowest BCUT2D eigenvalue weighted by Gasteiger charge is -2.22. The van der Waals surface area contributed by atoms with E-state index in [2.05, 4.69) is 9.82 Å². The lowest BCUT2D eigenvalue weighted by molar-refractivity contribution is 0.0662. The number of aryl methyl sites for hydroxylation is 1. The summed E-state index contributed by atoms with van der Waals surface area (Å²) in [5.41, 5.74) is 2.44. The smallest absolute Gasteiger partial charge is 0.255 e. The summed E-state index contributed by atoms with van der Waals surface area (Å²) >= 11 is 0. The molecule has 1 saturated heterocycles. The fourth-order valence-electron chi connectivity index (χ4n) is 2.58. The zero-order chi connectivity index (χ0) is 17.0. The van der Waals surface area contributed by atoms with Crippen LogP contribution in [0.4, 0.5) is 5.69 Å². The van der Waals surface area contributed by atoms with Crippen molar-refractivity contribution in [2.75, 3.05) is 17.9 Å². The van der Waals surface area contributed by atoms with E-state index in [1.807, 2.05) is 35.9 Å². The average molecular weight is 347 g/mol. The van der Waals surface area contributed by atoms with Crippen LogP contribution in [0.5, 0.6) is 0 Å². The van der Waals surface area contributed by atoms with E-state index in [9.17, 15) is 8.42 Å². The largest absolute Gasteiger partial charge is 0.381 e. The standard InChI is InChI=1S/C17H21N3O3S/c1-14-2-4-15(5-3-14)8-11-24(21,22)19-16-12-18-20(13-16)17-6-9-23-10-7-17/h2-5,8,11-13,17,19H,6-7,9-10H2,1H3/b11-8+. The quantitative estimate of drug-likeness (QED) is 0.902. The summed E-state index contributed by atoms with van der Waals surface area (Å²) in [5, 5.41) is 5.43. The van der Waals surface area contributed by atoms with Gasteiger partial charge in [0.05, 0.1) is 23.3 Å². The Labute approximate surface area is 142 Å². The average Bonchev–Trinajstić information content (AvgIpc) is 3.03. The van der Waals surface area contributed by atoms with Crippen LogP contribution in [-0.2, 0) is 14.8 Å². The predicted molar refractivity (Wildman–Crippen MR) is 94.1 cm³/mol. The van der Waals surface area contributed by atoms with Gasteiger partial charge in [-0.2, -0.15) is 5.10 Å². The van der Waals surface area contributed by atoms with Crippen molar-refractivity contribution in [2.45, 2.75) is 25.8 Å². The molecule has 128 valence electrons. The number of rotatable bonds is 5. The van der Waals surface area contributed by atoms with Crippen molar-refractivity contribution in [3.05, 3.63) is 53.2 Å². The van der Waals surface area contributed by atoms with Crippen LogP contribution >= 0.6 is 0 Å². The van der Waals surface area contributed by atoms with E-state index in [-0.39, 0.29) is 6.04 Å². The minimum absolute atomic E-state index is 0.264. The molecule has 0 saturated carbocycles. The molecule has 2 aromatic rings. The van der Waals surface area contributed by atoms with Crippen LogP contribution in [0.3, 0.4) is 0 Å². The number of hydrogen-bond donors (Lipinski definition) is 1. The molecule has 0 aliphatic carbocycles. The number of aromatic nitrogens is 2. The summed E-state index contributed by atoms with van der Waals surface area (Å²) in [4.78, 5) is 0. The molecule has 0 radical (unpaired) electrons. The predicted octanol–water partition coefficient (Wildman–Crippen LogP) is 2.96. The summed E-state index contributed by atoms with van der Waals surface area (Å²) in [7, 11) is -3.57. The van der Waals surface area contributed by atoms with Crippen molar-refractivity contribution in [2.24, 2.45) is 0 Å². The number of nitrogens with one attached hydrogen (secondary N) is 1. The molecule has 1 N–H and O–H groups in total. The van der Waals surface area contributed by atoms with Gasteiger partial charge in [-0.05, 0) is 31.4 Å². The second kappa shape index (κ2) is 7.19. The molecule has 7 heteroatoms. The lowest BCUT2D eigenvalue weighted by atomic mass is 10.1. The highest BCUT2D eigenvalue weighted by Gasteiger charge is 2.17. The Morgan fingerprint density at radius 1 is 1.25 bits per heavy atom. The molecule has 0 amide bonds. The topological polar surface area (TPSA) is 73.2 Å². The van der Waals surface area contributed by atoms with Crippen molar-refractivity contribution >= 4 is 21.8 Å². The minimum atomic E-state index is -3.57. The lowest BCUT2D eigenvalue weighted by Crippen LogP contribution is -2.19. The third-order valence-electron chi connectivity index (χ3n) is 3.94. The van der Waals surface area contributed by atoms with Gasteiger partial charge >= 0.3 is 0 Å². The summed E-state index contributed by atoms with van der Waals surface area (Å²) in [5.74, 6) is 0. The molecule has 0 unspecified atom stereocenters. The Balaban J connectivity index is 1.65. The number of anilines is 1. The van der Waals surface area contributed by atoms with Gasteiger partial charge in [0, 0.05) is 19.4 Å². The molecule has 1 aliphatic rings. The highest BCUT2D eigenvalue weighted by Crippen LogP contribution is 2.22. The van der Waals surface area contributed by atoms with Crippen molar-refractivity contribution in [1.29, 1.82) is 0 Å². The van der Waals surface area contributed by atoms with Crippen molar-refractivity contribution in [1.82, 2.24) is 9.78 Å². The maximum atomic E-state index is 12.2. The van der Waals surface area contributed by atoms with Crippen LogP contribution in [0.2, 0.25) is 0 Å². The van der Waals surface area contributed by atoms with E-state index < -0.39 is 10.0 Å². The van der Waals surface area contributed by atoms with Gasteiger partial charge in [-0.1, -0.05) is 29.8 Å². The van der Waals surface area contributed by atoms with E-state index in [0.29, 0.717) is 18.9 Å². The van der Waals surface area contributed by atoms with Gasteiger partial charge < -0.3 is 4.74 Å². The van der Waals surface area contributed by atoms with Crippen LogP contribution in [-0.4, -0.2) is 31.4 Å². The molecule has 1 fully saturated rings. The Hall–Kier alpha value is -2.12. The number of nitrogens with zero attached hydrogens (tertiary/aromatic N) is 2. The molecule has 0 atom stereocenters. The number of ether oxygens (including phenoxy) is 1. The zero-order valence-corrected chi connectivity index (χ0v) is 14.4. The second-order valence-electron chi connectivity index (χ2n) is 5.91. The Bertz CT molecular complexity index is 804. The number of benzene rings is 1. The van der Waals surface area contributed by atoms with E-state index in [0.717, 1.165) is 24.0 Å². The summed E-state index contributed by atoms with van der Waals surface area (Å²) in [6, 6.07) is 7.91. The van der Waals surface area contributed by atoms with Gasteiger partial charge in [-0.15, -0.1) is 0 Å². The van der Waals surface area contributed by atoms with Gasteiger partial charge in [0.25, 0.3) is 10.0 Å². The van der Waals surface area contributed by atoms with Crippen LogP contribution in [0.15, 0.2) is 42.1 Å². The van der Waals surface area contributed by atoms with Crippen molar-refractivity contribution in [3.8, 4) is 0 Å². The SMILES string of the molecule is Cc1ccc(/C=C/S(=O)(=O)Nc2cnn(C3CCOCC3)c2)cc1. The molecular formula is C17H21N3O3S. The minimum Gasteiger partial charge on any atom is -0.381 e. The first-order valence-electron chi connectivity index (χ1n) is 7.91. The first-order valence-corrected chi connectivity index (χ1v) is 9.46. The maximum absolute atomic E-state index is 12.2. The number of sulfonamides is 1. The summed E-state index contributed by atoms with van der Waals surface area (Å²) < 4.78 is 34.0. The van der Waals surface area contributed by atoms with Crippen molar-refractivity contribution in [3.63, 3.8) is 0 Å². The Morgan fingerprint density at radius 3 is 2.67 bits per heavy atom. The van der Waals surface area contributed by atoms with E-state index in [1.165, 1.54) is 11.6 Å².